The van der Waals surface area contributed by atoms with Gasteiger partial charge in [0.25, 0.3) is 0 Å². The lowest BCUT2D eigenvalue weighted by molar-refractivity contribution is 0.192. The Kier molecular flexibility index (Phi) is 8.64. The van der Waals surface area contributed by atoms with Crippen LogP contribution in [0, 0.1) is 23.7 Å². The summed E-state index contributed by atoms with van der Waals surface area (Å²) < 4.78 is 0. The lowest BCUT2D eigenvalue weighted by Crippen LogP contribution is -2.25. The zero-order valence-electron chi connectivity index (χ0n) is 13.2. The van der Waals surface area contributed by atoms with Crippen molar-refractivity contribution < 1.29 is 0 Å². The maximum absolute atomic E-state index is 2.50. The smallest absolute Gasteiger partial charge is 0.0203 e. The minimum Gasteiger partial charge on any atom is -0.0825 e. The van der Waals surface area contributed by atoms with Crippen LogP contribution in [0.3, 0.4) is 0 Å². The van der Waals surface area contributed by atoms with E-state index in [0.717, 1.165) is 23.7 Å². The van der Waals surface area contributed by atoms with Gasteiger partial charge in [-0.15, -0.1) is 0 Å². The Labute approximate surface area is 110 Å². The molecule has 0 bridgehead atoms. The largest absolute Gasteiger partial charge is 0.0825 e. The lowest BCUT2D eigenvalue weighted by Gasteiger charge is -2.33. The number of rotatable bonds is 8. The van der Waals surface area contributed by atoms with E-state index < -0.39 is 0 Å². The van der Waals surface area contributed by atoms with Crippen molar-refractivity contribution in [3.8, 4) is 0 Å². The minimum absolute atomic E-state index is 0.777. The molecule has 17 heavy (non-hydrogen) atoms. The van der Waals surface area contributed by atoms with Crippen LogP contribution in [0.2, 0.25) is 0 Å². The van der Waals surface area contributed by atoms with E-state index in [1.165, 1.54) is 31.3 Å². The van der Waals surface area contributed by atoms with Crippen molar-refractivity contribution in [1.29, 1.82) is 0 Å². The van der Waals surface area contributed by atoms with Gasteiger partial charge >= 0.3 is 0 Å². The van der Waals surface area contributed by atoms with Gasteiger partial charge in [-0.1, -0.05) is 65.5 Å². The third-order valence-corrected chi connectivity index (χ3v) is 4.36. The fraction of sp³-hybridized carbons (Fsp3) is 0.882. The molecule has 4 unspecified atom stereocenters. The Morgan fingerprint density at radius 3 is 1.94 bits per heavy atom. The van der Waals surface area contributed by atoms with Crippen molar-refractivity contribution in [1.82, 2.24) is 0 Å². The summed E-state index contributed by atoms with van der Waals surface area (Å²) in [5.74, 6) is 3.35. The molecule has 0 heteroatoms. The standard InChI is InChI=1S/C17H34/c1-8-11-14(6)15(7)17(10-3)16(9-2)12-13(4)5/h12,14-17H,8-11H2,1-7H3. The van der Waals surface area contributed by atoms with Gasteiger partial charge in [-0.25, -0.2) is 0 Å². The molecule has 0 N–H and O–H groups in total. The first-order valence-corrected chi connectivity index (χ1v) is 7.62. The van der Waals surface area contributed by atoms with Crippen LogP contribution >= 0.6 is 0 Å². The van der Waals surface area contributed by atoms with Crippen LogP contribution in [0.4, 0.5) is 0 Å². The summed E-state index contributed by atoms with van der Waals surface area (Å²) in [4.78, 5) is 0. The highest BCUT2D eigenvalue weighted by atomic mass is 14.3. The van der Waals surface area contributed by atoms with Crippen LogP contribution in [-0.4, -0.2) is 0 Å². The van der Waals surface area contributed by atoms with Crippen molar-refractivity contribution in [2.45, 2.75) is 74.1 Å². The molecule has 0 fully saturated rings. The second kappa shape index (κ2) is 8.78. The summed E-state index contributed by atoms with van der Waals surface area (Å²) in [7, 11) is 0. The van der Waals surface area contributed by atoms with Crippen LogP contribution in [0.25, 0.3) is 0 Å². The van der Waals surface area contributed by atoms with Crippen LogP contribution < -0.4 is 0 Å². The van der Waals surface area contributed by atoms with Gasteiger partial charge in [-0.05, 0) is 43.9 Å². The Balaban J connectivity index is 4.72. The van der Waals surface area contributed by atoms with Gasteiger partial charge in [0.2, 0.25) is 0 Å². The van der Waals surface area contributed by atoms with E-state index in [1.54, 1.807) is 0 Å². The van der Waals surface area contributed by atoms with Crippen molar-refractivity contribution in [2.24, 2.45) is 23.7 Å². The minimum atomic E-state index is 0.777. The SMILES string of the molecule is CCCC(C)C(C)C(CC)C(C=C(C)C)CC. The predicted molar refractivity (Wildman–Crippen MR) is 80.2 cm³/mol. The van der Waals surface area contributed by atoms with Gasteiger partial charge in [0, 0.05) is 0 Å². The average molecular weight is 238 g/mol. The van der Waals surface area contributed by atoms with E-state index in [1.807, 2.05) is 0 Å². The Morgan fingerprint density at radius 1 is 1.00 bits per heavy atom. The van der Waals surface area contributed by atoms with E-state index in [4.69, 9.17) is 0 Å². The molecule has 102 valence electrons. The zero-order chi connectivity index (χ0) is 13.4. The van der Waals surface area contributed by atoms with E-state index >= 15 is 0 Å². The molecular weight excluding hydrogens is 204 g/mol. The molecule has 0 spiro atoms. The Hall–Kier alpha value is -0.260. The summed E-state index contributed by atoms with van der Waals surface area (Å²) in [6.07, 6.45) is 7.80. The molecule has 0 aliphatic rings. The molecule has 0 aromatic heterocycles. The maximum Gasteiger partial charge on any atom is -0.0203 e. The summed E-state index contributed by atoms with van der Waals surface area (Å²) in [5.41, 5.74) is 1.48. The van der Waals surface area contributed by atoms with Crippen LogP contribution in [0.15, 0.2) is 11.6 Å². The molecule has 0 nitrogen and oxygen atoms in total. The molecule has 0 heterocycles. The second-order valence-electron chi connectivity index (χ2n) is 6.01. The first kappa shape index (κ1) is 16.7. The van der Waals surface area contributed by atoms with E-state index in [2.05, 4.69) is 54.5 Å². The van der Waals surface area contributed by atoms with E-state index in [9.17, 15) is 0 Å². The molecular formula is C17H34. The Bertz CT molecular complexity index is 210. The second-order valence-corrected chi connectivity index (χ2v) is 6.01. The van der Waals surface area contributed by atoms with E-state index in [-0.39, 0.29) is 0 Å². The lowest BCUT2D eigenvalue weighted by atomic mass is 9.72. The zero-order valence-corrected chi connectivity index (χ0v) is 13.2. The number of allylic oxidation sites excluding steroid dienone is 2. The van der Waals surface area contributed by atoms with Crippen molar-refractivity contribution in [3.63, 3.8) is 0 Å². The van der Waals surface area contributed by atoms with Gasteiger partial charge < -0.3 is 0 Å². The molecule has 0 aliphatic heterocycles. The number of hydrogen-bond acceptors (Lipinski definition) is 0. The maximum atomic E-state index is 2.50. The molecule has 0 aromatic carbocycles. The first-order valence-electron chi connectivity index (χ1n) is 7.62. The quantitative estimate of drug-likeness (QED) is 0.450. The number of hydrogen-bond donors (Lipinski definition) is 0. The van der Waals surface area contributed by atoms with Crippen LogP contribution in [-0.2, 0) is 0 Å². The summed E-state index contributed by atoms with van der Waals surface area (Å²) in [5, 5.41) is 0. The molecule has 0 amide bonds. The molecule has 0 radical (unpaired) electrons. The van der Waals surface area contributed by atoms with Gasteiger partial charge in [-0.3, -0.25) is 0 Å². The normalized spacial score (nSPS) is 18.3. The third-order valence-electron chi connectivity index (χ3n) is 4.36. The molecule has 0 rings (SSSR count). The molecule has 0 aromatic rings. The molecule has 0 aliphatic carbocycles. The highest BCUT2D eigenvalue weighted by Crippen LogP contribution is 2.34. The predicted octanol–water partition coefficient (Wildman–Crippen LogP) is 6.08. The van der Waals surface area contributed by atoms with Gasteiger partial charge in [0.15, 0.2) is 0 Å². The molecule has 4 atom stereocenters. The van der Waals surface area contributed by atoms with Crippen molar-refractivity contribution in [2.75, 3.05) is 0 Å². The Morgan fingerprint density at radius 2 is 1.59 bits per heavy atom. The van der Waals surface area contributed by atoms with Crippen molar-refractivity contribution >= 4 is 0 Å². The van der Waals surface area contributed by atoms with E-state index in [0.29, 0.717) is 0 Å². The monoisotopic (exact) mass is 238 g/mol. The highest BCUT2D eigenvalue weighted by molar-refractivity contribution is 4.99. The first-order chi connectivity index (χ1) is 7.97. The van der Waals surface area contributed by atoms with Crippen LogP contribution in [0.5, 0.6) is 0 Å². The highest BCUT2D eigenvalue weighted by Gasteiger charge is 2.26. The topological polar surface area (TPSA) is 0 Å². The molecule has 0 saturated carbocycles. The van der Waals surface area contributed by atoms with Gasteiger partial charge in [0.1, 0.15) is 0 Å². The average Bonchev–Trinajstić information content (AvgIpc) is 2.28. The fourth-order valence-corrected chi connectivity index (χ4v) is 3.18. The van der Waals surface area contributed by atoms with Crippen molar-refractivity contribution in [3.05, 3.63) is 11.6 Å². The molecule has 0 saturated heterocycles. The van der Waals surface area contributed by atoms with Crippen LogP contribution in [0.1, 0.15) is 74.1 Å². The fourth-order valence-electron chi connectivity index (χ4n) is 3.18. The summed E-state index contributed by atoms with van der Waals surface area (Å²) in [6, 6.07) is 0. The summed E-state index contributed by atoms with van der Waals surface area (Å²) >= 11 is 0. The third kappa shape index (κ3) is 5.75. The van der Waals surface area contributed by atoms with Gasteiger partial charge in [-0.2, -0.15) is 0 Å². The van der Waals surface area contributed by atoms with Gasteiger partial charge in [0.05, 0.1) is 0 Å². The summed E-state index contributed by atoms with van der Waals surface area (Å²) in [6.45, 7) is 16.4.